The lowest BCUT2D eigenvalue weighted by Gasteiger charge is -2.05. The molecule has 8 nitrogen and oxygen atoms in total. The van der Waals surface area contributed by atoms with Crippen LogP contribution in [0.3, 0.4) is 0 Å². The van der Waals surface area contributed by atoms with Gasteiger partial charge in [-0.25, -0.2) is 9.78 Å². The number of allylic oxidation sites excluding steroid dienone is 1. The monoisotopic (exact) mass is 571 g/mol. The van der Waals surface area contributed by atoms with E-state index in [0.717, 1.165) is 33.5 Å². The molecule has 8 heteroatoms. The molecular formula is C35H29N3O5. The molecule has 0 radical (unpaired) electrons. The summed E-state index contributed by atoms with van der Waals surface area (Å²) < 4.78 is 10.6. The van der Waals surface area contributed by atoms with Crippen molar-refractivity contribution in [3.63, 3.8) is 0 Å². The highest BCUT2D eigenvalue weighted by atomic mass is 16.6. The number of nitro benzene ring substituents is 1. The number of benzene rings is 4. The van der Waals surface area contributed by atoms with Crippen LogP contribution in [0, 0.1) is 10.1 Å². The summed E-state index contributed by atoms with van der Waals surface area (Å²) in [7, 11) is 1.59. The summed E-state index contributed by atoms with van der Waals surface area (Å²) in [4.78, 5) is 31.8. The number of methoxy groups -OCH3 is 1. The fourth-order valence-corrected chi connectivity index (χ4v) is 4.59. The Labute approximate surface area is 249 Å². The lowest BCUT2D eigenvalue weighted by atomic mass is 10.0. The Bertz CT molecular complexity index is 1800. The van der Waals surface area contributed by atoms with E-state index in [1.165, 1.54) is 12.1 Å². The number of nitrogens with zero attached hydrogens (tertiary/aromatic N) is 2. The predicted octanol–water partition coefficient (Wildman–Crippen LogP) is 8.12. The topological polar surface area (TPSA) is 107 Å². The van der Waals surface area contributed by atoms with E-state index in [9.17, 15) is 14.9 Å². The zero-order valence-corrected chi connectivity index (χ0v) is 23.7. The fourth-order valence-electron chi connectivity index (χ4n) is 4.59. The minimum atomic E-state index is -0.461. The molecular weight excluding hydrogens is 542 g/mol. The highest BCUT2D eigenvalue weighted by molar-refractivity contribution is 5.87. The van der Waals surface area contributed by atoms with Crippen molar-refractivity contribution in [2.45, 2.75) is 13.5 Å². The molecule has 0 saturated carbocycles. The van der Waals surface area contributed by atoms with Crippen LogP contribution in [0.4, 0.5) is 5.69 Å². The van der Waals surface area contributed by atoms with Crippen molar-refractivity contribution in [1.82, 2.24) is 9.97 Å². The molecule has 0 spiro atoms. The first-order valence-corrected chi connectivity index (χ1v) is 13.6. The van der Waals surface area contributed by atoms with E-state index in [1.807, 2.05) is 91.9 Å². The zero-order chi connectivity index (χ0) is 30.2. The summed E-state index contributed by atoms with van der Waals surface area (Å²) in [5, 5.41) is 11.7. The molecule has 5 aromatic rings. The van der Waals surface area contributed by atoms with Gasteiger partial charge in [0, 0.05) is 23.3 Å². The number of imidazole rings is 1. The number of nitro groups is 1. The Kier molecular flexibility index (Phi) is 8.87. The third-order valence-corrected chi connectivity index (χ3v) is 6.73. The third kappa shape index (κ3) is 6.94. The summed E-state index contributed by atoms with van der Waals surface area (Å²) in [6.45, 7) is 2.10. The van der Waals surface area contributed by atoms with Crippen molar-refractivity contribution < 1.29 is 19.2 Å². The number of para-hydroxylation sites is 1. The Morgan fingerprint density at radius 1 is 0.907 bits per heavy atom. The van der Waals surface area contributed by atoms with Gasteiger partial charge in [-0.2, -0.15) is 0 Å². The maximum Gasteiger partial charge on any atom is 0.331 e. The largest absolute Gasteiger partial charge is 0.497 e. The summed E-state index contributed by atoms with van der Waals surface area (Å²) in [5.74, 6) is 0.638. The van der Waals surface area contributed by atoms with E-state index in [0.29, 0.717) is 22.8 Å². The van der Waals surface area contributed by atoms with E-state index >= 15 is 0 Å². The number of carbonyl (C=O) groups is 1. The van der Waals surface area contributed by atoms with Crippen LogP contribution >= 0.6 is 0 Å². The van der Waals surface area contributed by atoms with E-state index in [2.05, 4.69) is 4.98 Å². The number of hydrogen-bond acceptors (Lipinski definition) is 6. The molecule has 0 saturated heterocycles. The molecule has 0 aliphatic carbocycles. The maximum atomic E-state index is 12.3. The van der Waals surface area contributed by atoms with Gasteiger partial charge in [0.15, 0.2) is 0 Å². The standard InChI is InChI=1S/C35H29N3O5/c1-3-7-24-12-17-27(18-13-24)33-34(37-35(36-33)30-10-4-5-11-31(30)38(40)41)28-19-14-25(15-20-28)16-21-32(39)43-23-26-8-6-9-29(22-26)42-2/h3-22H,23H2,1-2H3,(H,36,37)/b7-3+,21-16+. The second-order valence-electron chi connectivity index (χ2n) is 9.62. The van der Waals surface area contributed by atoms with Crippen LogP contribution in [0.15, 0.2) is 109 Å². The van der Waals surface area contributed by atoms with Gasteiger partial charge in [0.25, 0.3) is 5.69 Å². The number of nitrogens with one attached hydrogen (secondary N) is 1. The molecule has 0 atom stereocenters. The predicted molar refractivity (Wildman–Crippen MR) is 168 cm³/mol. The molecule has 214 valence electrons. The van der Waals surface area contributed by atoms with Gasteiger partial charge in [-0.15, -0.1) is 0 Å². The molecule has 1 aromatic heterocycles. The quantitative estimate of drug-likeness (QED) is 0.0785. The summed E-state index contributed by atoms with van der Waals surface area (Å²) in [5.41, 5.74) is 6.16. The van der Waals surface area contributed by atoms with Gasteiger partial charge in [0.05, 0.1) is 29.0 Å². The molecule has 0 amide bonds. The SMILES string of the molecule is C/C=C/c1ccc(-c2[nH]c(-c3ccccc3[N+](=O)[O-])nc2-c2ccc(/C=C/C(=O)OCc3cccc(OC)c3)cc2)cc1. The van der Waals surface area contributed by atoms with E-state index in [1.54, 1.807) is 31.4 Å². The van der Waals surface area contributed by atoms with Crippen molar-refractivity contribution >= 4 is 23.8 Å². The number of aromatic amines is 1. The van der Waals surface area contributed by atoms with Crippen molar-refractivity contribution in [1.29, 1.82) is 0 Å². The number of aromatic nitrogens is 2. The van der Waals surface area contributed by atoms with Gasteiger partial charge >= 0.3 is 5.97 Å². The molecule has 0 aliphatic rings. The van der Waals surface area contributed by atoms with Gasteiger partial charge < -0.3 is 14.5 Å². The first-order chi connectivity index (χ1) is 20.9. The van der Waals surface area contributed by atoms with Gasteiger partial charge in [-0.05, 0) is 47.9 Å². The van der Waals surface area contributed by atoms with Crippen molar-refractivity contribution in [2.24, 2.45) is 0 Å². The smallest absolute Gasteiger partial charge is 0.331 e. The van der Waals surface area contributed by atoms with Crippen LogP contribution in [-0.2, 0) is 16.1 Å². The van der Waals surface area contributed by atoms with E-state index in [4.69, 9.17) is 14.5 Å². The first-order valence-electron chi connectivity index (χ1n) is 13.6. The first kappa shape index (κ1) is 28.8. The second kappa shape index (κ2) is 13.3. The lowest BCUT2D eigenvalue weighted by Crippen LogP contribution is -2.00. The van der Waals surface area contributed by atoms with Gasteiger partial charge in [0.2, 0.25) is 0 Å². The van der Waals surface area contributed by atoms with E-state index < -0.39 is 10.9 Å². The van der Waals surface area contributed by atoms with Gasteiger partial charge in [-0.3, -0.25) is 10.1 Å². The number of carbonyl (C=O) groups excluding carboxylic acids is 1. The molecule has 1 N–H and O–H groups in total. The van der Waals surface area contributed by atoms with Crippen molar-refractivity contribution in [3.05, 3.63) is 136 Å². The summed E-state index contributed by atoms with van der Waals surface area (Å²) >= 11 is 0. The maximum absolute atomic E-state index is 12.3. The number of ether oxygens (including phenoxy) is 2. The molecule has 0 unspecified atom stereocenters. The number of rotatable bonds is 10. The van der Waals surface area contributed by atoms with Crippen molar-refractivity contribution in [2.75, 3.05) is 7.11 Å². The number of H-pyrrole nitrogens is 1. The van der Waals surface area contributed by atoms with Crippen LogP contribution in [0.25, 0.3) is 46.1 Å². The number of hydrogen-bond donors (Lipinski definition) is 1. The van der Waals surface area contributed by atoms with Crippen LogP contribution in [0.2, 0.25) is 0 Å². The molecule has 43 heavy (non-hydrogen) atoms. The Morgan fingerprint density at radius 2 is 1.60 bits per heavy atom. The molecule has 0 aliphatic heterocycles. The summed E-state index contributed by atoms with van der Waals surface area (Å²) in [6, 6.07) is 29.4. The van der Waals surface area contributed by atoms with E-state index in [-0.39, 0.29) is 12.3 Å². The van der Waals surface area contributed by atoms with Crippen LogP contribution < -0.4 is 4.74 Å². The molecule has 0 fully saturated rings. The van der Waals surface area contributed by atoms with Gasteiger partial charge in [0.1, 0.15) is 18.2 Å². The average molecular weight is 572 g/mol. The van der Waals surface area contributed by atoms with Crippen LogP contribution in [0.5, 0.6) is 5.75 Å². The lowest BCUT2D eigenvalue weighted by molar-refractivity contribution is -0.384. The Balaban J connectivity index is 1.40. The fraction of sp³-hybridized carbons (Fsp3) is 0.0857. The molecule has 1 heterocycles. The van der Waals surface area contributed by atoms with Crippen molar-refractivity contribution in [3.8, 4) is 39.7 Å². The molecule has 0 bridgehead atoms. The van der Waals surface area contributed by atoms with Crippen LogP contribution in [0.1, 0.15) is 23.6 Å². The Morgan fingerprint density at radius 3 is 2.30 bits per heavy atom. The number of esters is 1. The highest BCUT2D eigenvalue weighted by Crippen LogP contribution is 2.36. The average Bonchev–Trinajstić information content (AvgIpc) is 3.49. The summed E-state index contributed by atoms with van der Waals surface area (Å²) in [6.07, 6.45) is 7.05. The minimum absolute atomic E-state index is 0.0310. The van der Waals surface area contributed by atoms with Gasteiger partial charge in [-0.1, -0.05) is 84.9 Å². The minimum Gasteiger partial charge on any atom is -0.497 e. The normalized spacial score (nSPS) is 11.2. The zero-order valence-electron chi connectivity index (χ0n) is 23.7. The van der Waals surface area contributed by atoms with Crippen LogP contribution in [-0.4, -0.2) is 28.0 Å². The molecule has 5 rings (SSSR count). The third-order valence-electron chi connectivity index (χ3n) is 6.73. The molecule has 4 aromatic carbocycles. The Hall–Kier alpha value is -5.76. The highest BCUT2D eigenvalue weighted by Gasteiger charge is 2.21. The second-order valence-corrected chi connectivity index (χ2v) is 9.62.